The van der Waals surface area contributed by atoms with Gasteiger partial charge in [-0.15, -0.1) is 0 Å². The number of anilines is 1. The zero-order valence-electron chi connectivity index (χ0n) is 24.5. The fourth-order valence-corrected chi connectivity index (χ4v) is 4.57. The van der Waals surface area contributed by atoms with E-state index < -0.39 is 6.04 Å². The second kappa shape index (κ2) is 17.5. The van der Waals surface area contributed by atoms with Crippen LogP contribution in [0.5, 0.6) is 0 Å². The molecule has 1 N–H and O–H groups in total. The number of aliphatic imine (C=N–C) groups is 1. The van der Waals surface area contributed by atoms with Gasteiger partial charge in [0.05, 0.1) is 18.3 Å². The molecule has 7 heteroatoms. The standard InChI is InChI=1S/C19H18FN3O2.C13H29N/c1-12-3-4-14-10-21-18(13(2)22-11-24)23(19(25)17(14)9-12)16-7-5-15(20)6-8-16;1-4-5-6-7-8-9-10-11-12-13-14(2)3/h3-9,11,13H,10H2,1-2H3,(H,22,24);4-13H2,1-3H3. The number of aryl methyl sites for hydroxylation is 1. The van der Waals surface area contributed by atoms with Crippen molar-refractivity contribution in [2.45, 2.75) is 91.1 Å². The number of amides is 2. The zero-order chi connectivity index (χ0) is 28.6. The van der Waals surface area contributed by atoms with Crippen LogP contribution in [0.1, 0.15) is 93.1 Å². The van der Waals surface area contributed by atoms with Gasteiger partial charge in [0.2, 0.25) is 6.41 Å². The molecule has 2 aromatic rings. The average molecular weight is 539 g/mol. The van der Waals surface area contributed by atoms with Gasteiger partial charge < -0.3 is 10.2 Å². The summed E-state index contributed by atoms with van der Waals surface area (Å²) in [5.74, 6) is -0.224. The van der Waals surface area contributed by atoms with E-state index >= 15 is 0 Å². The molecule has 0 spiro atoms. The molecular formula is C32H47FN4O2. The van der Waals surface area contributed by atoms with E-state index in [1.807, 2.05) is 25.1 Å². The lowest BCUT2D eigenvalue weighted by Gasteiger charge is -2.27. The molecular weight excluding hydrogens is 491 g/mol. The van der Waals surface area contributed by atoms with Crippen LogP contribution in [-0.4, -0.2) is 49.7 Å². The van der Waals surface area contributed by atoms with E-state index in [0.29, 0.717) is 30.0 Å². The molecule has 6 nitrogen and oxygen atoms in total. The molecule has 0 saturated heterocycles. The molecule has 0 radical (unpaired) electrons. The van der Waals surface area contributed by atoms with Gasteiger partial charge in [0.15, 0.2) is 0 Å². The summed E-state index contributed by atoms with van der Waals surface area (Å²) in [5.41, 5.74) is 2.84. The normalized spacial score (nSPS) is 13.7. The highest BCUT2D eigenvalue weighted by Crippen LogP contribution is 2.25. The monoisotopic (exact) mass is 538 g/mol. The fraction of sp³-hybridized carbons (Fsp3) is 0.531. The van der Waals surface area contributed by atoms with Gasteiger partial charge in [0, 0.05) is 5.56 Å². The summed E-state index contributed by atoms with van der Waals surface area (Å²) in [6, 6.07) is 10.8. The summed E-state index contributed by atoms with van der Waals surface area (Å²) >= 11 is 0. The van der Waals surface area contributed by atoms with Gasteiger partial charge in [0.25, 0.3) is 5.91 Å². The topological polar surface area (TPSA) is 65.0 Å². The van der Waals surface area contributed by atoms with Crippen molar-refractivity contribution in [1.29, 1.82) is 0 Å². The summed E-state index contributed by atoms with van der Waals surface area (Å²) in [5, 5.41) is 2.63. The largest absolute Gasteiger partial charge is 0.349 e. The number of fused-ring (bicyclic) bond motifs is 1. The summed E-state index contributed by atoms with van der Waals surface area (Å²) in [4.78, 5) is 32.4. The van der Waals surface area contributed by atoms with Gasteiger partial charge >= 0.3 is 0 Å². The highest BCUT2D eigenvalue weighted by Gasteiger charge is 2.30. The van der Waals surface area contributed by atoms with Crippen LogP contribution >= 0.6 is 0 Å². The Balaban J connectivity index is 0.000000326. The minimum Gasteiger partial charge on any atom is -0.349 e. The molecule has 214 valence electrons. The summed E-state index contributed by atoms with van der Waals surface area (Å²) in [6.45, 7) is 7.54. The number of carbonyl (C=O) groups excluding carboxylic acids is 2. The first-order valence-electron chi connectivity index (χ1n) is 14.4. The van der Waals surface area contributed by atoms with Crippen LogP contribution in [0.15, 0.2) is 47.5 Å². The van der Waals surface area contributed by atoms with E-state index in [1.165, 1.54) is 93.5 Å². The molecule has 0 bridgehead atoms. The van der Waals surface area contributed by atoms with Gasteiger partial charge in [-0.1, -0.05) is 76.0 Å². The molecule has 1 heterocycles. The van der Waals surface area contributed by atoms with Crippen molar-refractivity contribution in [2.75, 3.05) is 25.5 Å². The van der Waals surface area contributed by atoms with Crippen molar-refractivity contribution in [3.05, 3.63) is 65.0 Å². The smallest absolute Gasteiger partial charge is 0.264 e. The number of hydrogen-bond donors (Lipinski definition) is 1. The molecule has 0 saturated carbocycles. The van der Waals surface area contributed by atoms with Crippen LogP contribution in [0.25, 0.3) is 0 Å². The summed E-state index contributed by atoms with van der Waals surface area (Å²) < 4.78 is 13.3. The SMILES string of the molecule is CCCCCCCCCCCN(C)C.Cc1ccc2c(c1)C(=O)N(c1ccc(F)cc1)C(C(C)NC=O)=NC2. The Hall–Kier alpha value is -3.06. The number of carbonyl (C=O) groups is 2. The Bertz CT molecular complexity index is 1050. The van der Waals surface area contributed by atoms with Gasteiger partial charge in [-0.2, -0.15) is 0 Å². The van der Waals surface area contributed by atoms with Crippen LogP contribution in [0.4, 0.5) is 10.1 Å². The quantitative estimate of drug-likeness (QED) is 0.210. The number of halogens is 1. The number of rotatable bonds is 14. The Morgan fingerprint density at radius 1 is 1.00 bits per heavy atom. The lowest BCUT2D eigenvalue weighted by Crippen LogP contribution is -2.47. The molecule has 1 atom stereocenters. The van der Waals surface area contributed by atoms with Crippen LogP contribution in [0, 0.1) is 12.7 Å². The Morgan fingerprint density at radius 2 is 1.62 bits per heavy atom. The molecule has 0 aromatic heterocycles. The van der Waals surface area contributed by atoms with Crippen LogP contribution in [0.2, 0.25) is 0 Å². The van der Waals surface area contributed by atoms with Crippen molar-refractivity contribution in [1.82, 2.24) is 10.2 Å². The first-order chi connectivity index (χ1) is 18.8. The molecule has 1 aliphatic rings. The van der Waals surface area contributed by atoms with E-state index in [9.17, 15) is 14.0 Å². The third-order valence-corrected chi connectivity index (χ3v) is 6.84. The molecule has 3 rings (SSSR count). The third kappa shape index (κ3) is 10.9. The Kier molecular flexibility index (Phi) is 14.4. The van der Waals surface area contributed by atoms with Crippen molar-refractivity contribution in [3.63, 3.8) is 0 Å². The van der Waals surface area contributed by atoms with E-state index in [4.69, 9.17) is 0 Å². The van der Waals surface area contributed by atoms with E-state index in [-0.39, 0.29) is 11.7 Å². The molecule has 0 fully saturated rings. The fourth-order valence-electron chi connectivity index (χ4n) is 4.57. The maximum absolute atomic E-state index is 13.3. The van der Waals surface area contributed by atoms with Crippen molar-refractivity contribution < 1.29 is 14.0 Å². The first-order valence-corrected chi connectivity index (χ1v) is 14.4. The molecule has 0 aliphatic carbocycles. The number of benzene rings is 2. The Labute approximate surface area is 234 Å². The predicted octanol–water partition coefficient (Wildman–Crippen LogP) is 6.91. The Morgan fingerprint density at radius 3 is 2.21 bits per heavy atom. The van der Waals surface area contributed by atoms with Crippen LogP contribution in [-0.2, 0) is 11.3 Å². The summed E-state index contributed by atoms with van der Waals surface area (Å²) in [6.07, 6.45) is 13.4. The van der Waals surface area contributed by atoms with Crippen LogP contribution < -0.4 is 10.2 Å². The van der Waals surface area contributed by atoms with E-state index in [2.05, 4.69) is 36.2 Å². The third-order valence-electron chi connectivity index (χ3n) is 6.84. The predicted molar refractivity (Wildman–Crippen MR) is 160 cm³/mol. The number of amidine groups is 1. The highest BCUT2D eigenvalue weighted by atomic mass is 19.1. The zero-order valence-corrected chi connectivity index (χ0v) is 24.5. The second-order valence-electron chi connectivity index (χ2n) is 10.6. The highest BCUT2D eigenvalue weighted by molar-refractivity contribution is 6.25. The maximum Gasteiger partial charge on any atom is 0.264 e. The van der Waals surface area contributed by atoms with Crippen molar-refractivity contribution in [3.8, 4) is 0 Å². The van der Waals surface area contributed by atoms with Crippen molar-refractivity contribution in [2.24, 2.45) is 4.99 Å². The maximum atomic E-state index is 13.3. The number of nitrogens with zero attached hydrogens (tertiary/aromatic N) is 3. The number of unbranched alkanes of at least 4 members (excludes halogenated alkanes) is 8. The second-order valence-corrected chi connectivity index (χ2v) is 10.6. The summed E-state index contributed by atoms with van der Waals surface area (Å²) in [7, 11) is 4.31. The van der Waals surface area contributed by atoms with Gasteiger partial charge in [0.1, 0.15) is 11.7 Å². The minimum atomic E-state index is -0.470. The van der Waals surface area contributed by atoms with Gasteiger partial charge in [-0.3, -0.25) is 19.5 Å². The number of hydrogen-bond acceptors (Lipinski definition) is 4. The number of nitrogens with one attached hydrogen (secondary N) is 1. The van der Waals surface area contributed by atoms with E-state index in [1.54, 1.807) is 6.92 Å². The minimum absolute atomic E-state index is 0.249. The van der Waals surface area contributed by atoms with Crippen molar-refractivity contribution >= 4 is 23.8 Å². The lowest BCUT2D eigenvalue weighted by molar-refractivity contribution is -0.109. The molecule has 1 aliphatic heterocycles. The molecule has 1 unspecified atom stereocenters. The molecule has 2 aromatic carbocycles. The lowest BCUT2D eigenvalue weighted by atomic mass is 10.0. The van der Waals surface area contributed by atoms with Gasteiger partial charge in [-0.25, -0.2) is 4.39 Å². The van der Waals surface area contributed by atoms with Gasteiger partial charge in [-0.05, 0) is 76.8 Å². The first kappa shape index (κ1) is 32.2. The average Bonchev–Trinajstić information content (AvgIpc) is 3.05. The van der Waals surface area contributed by atoms with E-state index in [0.717, 1.165) is 11.1 Å². The molecule has 2 amide bonds. The van der Waals surface area contributed by atoms with Crippen LogP contribution in [0.3, 0.4) is 0 Å². The molecule has 39 heavy (non-hydrogen) atoms.